The van der Waals surface area contributed by atoms with E-state index in [-0.39, 0.29) is 6.10 Å². The van der Waals surface area contributed by atoms with Crippen LogP contribution in [0, 0.1) is 0 Å². The third-order valence-corrected chi connectivity index (χ3v) is 3.20. The first-order chi connectivity index (χ1) is 9.21. The maximum atomic E-state index is 5.48. The molecule has 1 aromatic carbocycles. The second-order valence-corrected chi connectivity index (χ2v) is 4.79. The van der Waals surface area contributed by atoms with Crippen molar-refractivity contribution in [2.75, 3.05) is 20.3 Å². The normalized spacial score (nSPS) is 14.1. The molecule has 0 bridgehead atoms. The number of ether oxygens (including phenoxy) is 2. The van der Waals surface area contributed by atoms with Crippen molar-refractivity contribution in [2.24, 2.45) is 0 Å². The lowest BCUT2D eigenvalue weighted by atomic mass is 10.0. The van der Waals surface area contributed by atoms with Crippen molar-refractivity contribution in [1.82, 2.24) is 5.32 Å². The van der Waals surface area contributed by atoms with Crippen LogP contribution in [0.25, 0.3) is 0 Å². The number of methoxy groups -OCH3 is 1. The van der Waals surface area contributed by atoms with E-state index in [9.17, 15) is 0 Å². The van der Waals surface area contributed by atoms with E-state index in [0.717, 1.165) is 25.1 Å². The van der Waals surface area contributed by atoms with Gasteiger partial charge in [-0.3, -0.25) is 0 Å². The Morgan fingerprint density at radius 3 is 2.37 bits per heavy atom. The first-order valence-corrected chi connectivity index (χ1v) is 7.20. The van der Waals surface area contributed by atoms with E-state index in [0.29, 0.717) is 12.6 Å². The Balaban J connectivity index is 2.71. The van der Waals surface area contributed by atoms with Gasteiger partial charge in [0.15, 0.2) is 0 Å². The fourth-order valence-corrected chi connectivity index (χ4v) is 2.05. The van der Waals surface area contributed by atoms with Gasteiger partial charge in [0.2, 0.25) is 0 Å². The average Bonchev–Trinajstić information content (AvgIpc) is 2.44. The highest BCUT2D eigenvalue weighted by Crippen LogP contribution is 2.22. The third-order valence-electron chi connectivity index (χ3n) is 3.20. The Labute approximate surface area is 117 Å². The van der Waals surface area contributed by atoms with Gasteiger partial charge < -0.3 is 14.8 Å². The van der Waals surface area contributed by atoms with Crippen LogP contribution in [0.4, 0.5) is 0 Å². The SMILES string of the molecule is CCCNC(CC(C)OC)c1ccc(OCC)cc1. The van der Waals surface area contributed by atoms with Crippen molar-refractivity contribution in [1.29, 1.82) is 0 Å². The molecule has 0 aliphatic rings. The van der Waals surface area contributed by atoms with Crippen LogP contribution in [0.15, 0.2) is 24.3 Å². The predicted molar refractivity (Wildman–Crippen MR) is 79.7 cm³/mol. The van der Waals surface area contributed by atoms with Gasteiger partial charge in [0, 0.05) is 13.2 Å². The van der Waals surface area contributed by atoms with Crippen LogP contribution >= 0.6 is 0 Å². The summed E-state index contributed by atoms with van der Waals surface area (Å²) in [6, 6.07) is 8.69. The Hall–Kier alpha value is -1.06. The van der Waals surface area contributed by atoms with E-state index in [1.807, 2.05) is 19.1 Å². The topological polar surface area (TPSA) is 30.5 Å². The molecule has 0 amide bonds. The van der Waals surface area contributed by atoms with Crippen LogP contribution in [-0.4, -0.2) is 26.4 Å². The zero-order chi connectivity index (χ0) is 14.1. The lowest BCUT2D eigenvalue weighted by Crippen LogP contribution is -2.26. The molecule has 1 aromatic rings. The molecule has 2 unspecified atom stereocenters. The summed E-state index contributed by atoms with van der Waals surface area (Å²) in [5, 5.41) is 3.58. The Morgan fingerprint density at radius 2 is 1.84 bits per heavy atom. The van der Waals surface area contributed by atoms with Crippen LogP contribution in [0.3, 0.4) is 0 Å². The Kier molecular flexibility index (Phi) is 7.53. The van der Waals surface area contributed by atoms with Gasteiger partial charge in [-0.15, -0.1) is 0 Å². The molecule has 0 radical (unpaired) electrons. The highest BCUT2D eigenvalue weighted by atomic mass is 16.5. The lowest BCUT2D eigenvalue weighted by Gasteiger charge is -2.22. The van der Waals surface area contributed by atoms with Gasteiger partial charge in [-0.05, 0) is 50.9 Å². The first-order valence-electron chi connectivity index (χ1n) is 7.20. The fraction of sp³-hybridized carbons (Fsp3) is 0.625. The first kappa shape index (κ1) is 16.0. The Morgan fingerprint density at radius 1 is 1.16 bits per heavy atom. The molecule has 1 N–H and O–H groups in total. The molecule has 0 heterocycles. The second kappa shape index (κ2) is 8.94. The summed E-state index contributed by atoms with van der Waals surface area (Å²) < 4.78 is 10.9. The molecule has 0 saturated carbocycles. The fourth-order valence-electron chi connectivity index (χ4n) is 2.05. The monoisotopic (exact) mass is 265 g/mol. The second-order valence-electron chi connectivity index (χ2n) is 4.79. The average molecular weight is 265 g/mol. The molecule has 0 fully saturated rings. The van der Waals surface area contributed by atoms with E-state index >= 15 is 0 Å². The molecule has 0 aliphatic carbocycles. The van der Waals surface area contributed by atoms with E-state index in [1.165, 1.54) is 5.56 Å². The highest BCUT2D eigenvalue weighted by Gasteiger charge is 2.14. The van der Waals surface area contributed by atoms with Crippen LogP contribution in [0.2, 0.25) is 0 Å². The summed E-state index contributed by atoms with van der Waals surface area (Å²) in [4.78, 5) is 0. The van der Waals surface area contributed by atoms with Gasteiger partial charge in [0.05, 0.1) is 12.7 Å². The number of nitrogens with one attached hydrogen (secondary N) is 1. The van der Waals surface area contributed by atoms with E-state index in [4.69, 9.17) is 9.47 Å². The van der Waals surface area contributed by atoms with Crippen molar-refractivity contribution < 1.29 is 9.47 Å². The molecule has 0 spiro atoms. The minimum absolute atomic E-state index is 0.251. The molecule has 3 nitrogen and oxygen atoms in total. The van der Waals surface area contributed by atoms with Crippen molar-refractivity contribution in [3.8, 4) is 5.75 Å². The highest BCUT2D eigenvalue weighted by molar-refractivity contribution is 5.29. The third kappa shape index (κ3) is 5.62. The van der Waals surface area contributed by atoms with Gasteiger partial charge in [0.25, 0.3) is 0 Å². The molecule has 108 valence electrons. The molecular weight excluding hydrogens is 238 g/mol. The molecule has 0 saturated heterocycles. The zero-order valence-corrected chi connectivity index (χ0v) is 12.6. The molecular formula is C16H27NO2. The van der Waals surface area contributed by atoms with Crippen molar-refractivity contribution >= 4 is 0 Å². The Bertz CT molecular complexity index is 337. The minimum Gasteiger partial charge on any atom is -0.494 e. The number of benzene rings is 1. The van der Waals surface area contributed by atoms with Gasteiger partial charge >= 0.3 is 0 Å². The van der Waals surface area contributed by atoms with Crippen molar-refractivity contribution in [2.45, 2.75) is 45.8 Å². The molecule has 1 rings (SSSR count). The number of hydrogen-bond donors (Lipinski definition) is 1. The summed E-state index contributed by atoms with van der Waals surface area (Å²) in [6.45, 7) is 8.02. The molecule has 2 atom stereocenters. The van der Waals surface area contributed by atoms with E-state index < -0.39 is 0 Å². The predicted octanol–water partition coefficient (Wildman–Crippen LogP) is 3.55. The van der Waals surface area contributed by atoms with Crippen LogP contribution < -0.4 is 10.1 Å². The summed E-state index contributed by atoms with van der Waals surface area (Å²) in [6.07, 6.45) is 2.36. The minimum atomic E-state index is 0.251. The van der Waals surface area contributed by atoms with Crippen molar-refractivity contribution in [3.05, 3.63) is 29.8 Å². The number of hydrogen-bond acceptors (Lipinski definition) is 3. The molecule has 19 heavy (non-hydrogen) atoms. The van der Waals surface area contributed by atoms with Gasteiger partial charge in [-0.2, -0.15) is 0 Å². The van der Waals surface area contributed by atoms with Crippen LogP contribution in [0.5, 0.6) is 5.75 Å². The summed E-state index contributed by atoms with van der Waals surface area (Å²) in [7, 11) is 1.76. The number of rotatable bonds is 9. The molecule has 0 aromatic heterocycles. The summed E-state index contributed by atoms with van der Waals surface area (Å²) >= 11 is 0. The molecule has 0 aliphatic heterocycles. The standard InChI is InChI=1S/C16H27NO2/c1-5-11-17-16(12-13(3)18-4)14-7-9-15(10-8-14)19-6-2/h7-10,13,16-17H,5-6,11-12H2,1-4H3. The zero-order valence-electron chi connectivity index (χ0n) is 12.6. The lowest BCUT2D eigenvalue weighted by molar-refractivity contribution is 0.100. The summed E-state index contributed by atoms with van der Waals surface area (Å²) in [5.74, 6) is 0.931. The largest absolute Gasteiger partial charge is 0.494 e. The van der Waals surface area contributed by atoms with Gasteiger partial charge in [-0.1, -0.05) is 19.1 Å². The summed E-state index contributed by atoms with van der Waals surface area (Å²) in [5.41, 5.74) is 1.29. The smallest absolute Gasteiger partial charge is 0.119 e. The van der Waals surface area contributed by atoms with Crippen molar-refractivity contribution in [3.63, 3.8) is 0 Å². The van der Waals surface area contributed by atoms with Gasteiger partial charge in [0.1, 0.15) is 5.75 Å². The maximum Gasteiger partial charge on any atom is 0.119 e. The van der Waals surface area contributed by atoms with E-state index in [1.54, 1.807) is 7.11 Å². The molecule has 3 heteroatoms. The van der Waals surface area contributed by atoms with Crippen LogP contribution in [-0.2, 0) is 4.74 Å². The maximum absolute atomic E-state index is 5.48. The van der Waals surface area contributed by atoms with E-state index in [2.05, 4.69) is 31.3 Å². The quantitative estimate of drug-likeness (QED) is 0.740. The van der Waals surface area contributed by atoms with Crippen LogP contribution in [0.1, 0.15) is 45.2 Å². The van der Waals surface area contributed by atoms with Gasteiger partial charge in [-0.25, -0.2) is 0 Å².